The molecular formula is C20H20N6O3. The van der Waals surface area contributed by atoms with Crippen LogP contribution in [0.4, 0.5) is 5.69 Å². The van der Waals surface area contributed by atoms with Crippen LogP contribution >= 0.6 is 0 Å². The fourth-order valence-corrected chi connectivity index (χ4v) is 2.59. The van der Waals surface area contributed by atoms with Crippen molar-refractivity contribution in [3.63, 3.8) is 0 Å². The number of carbonyl (C=O) groups excluding carboxylic acids is 3. The molecule has 0 radical (unpaired) electrons. The minimum absolute atomic E-state index is 0.114. The SMILES string of the molecule is CNC(=O)c1ccc(NC(=O)CC2N=C(N/N=C/c3ccccc3)NC2=O)cc1. The van der Waals surface area contributed by atoms with Crippen molar-refractivity contribution in [2.45, 2.75) is 12.5 Å². The van der Waals surface area contributed by atoms with Gasteiger partial charge in [0.05, 0.1) is 12.6 Å². The van der Waals surface area contributed by atoms with Crippen LogP contribution in [0.1, 0.15) is 22.3 Å². The average molecular weight is 392 g/mol. The molecule has 1 unspecified atom stereocenters. The fourth-order valence-electron chi connectivity index (χ4n) is 2.59. The highest BCUT2D eigenvalue weighted by molar-refractivity contribution is 6.07. The molecule has 0 saturated carbocycles. The van der Waals surface area contributed by atoms with Gasteiger partial charge in [0, 0.05) is 18.3 Å². The number of benzene rings is 2. The Morgan fingerprint density at radius 2 is 1.86 bits per heavy atom. The number of guanidine groups is 1. The van der Waals surface area contributed by atoms with E-state index in [1.165, 1.54) is 0 Å². The minimum atomic E-state index is -0.838. The third kappa shape index (κ3) is 5.48. The monoisotopic (exact) mass is 392 g/mol. The second-order valence-corrected chi connectivity index (χ2v) is 6.17. The van der Waals surface area contributed by atoms with Crippen LogP contribution in [0.5, 0.6) is 0 Å². The van der Waals surface area contributed by atoms with Gasteiger partial charge in [-0.15, -0.1) is 0 Å². The van der Waals surface area contributed by atoms with Crippen LogP contribution in [-0.4, -0.2) is 43.0 Å². The first-order valence-electron chi connectivity index (χ1n) is 8.90. The number of amides is 3. The van der Waals surface area contributed by atoms with Crippen LogP contribution in [0.15, 0.2) is 64.7 Å². The van der Waals surface area contributed by atoms with Gasteiger partial charge in [0.25, 0.3) is 11.8 Å². The Bertz CT molecular complexity index is 954. The topological polar surface area (TPSA) is 124 Å². The molecule has 2 aromatic carbocycles. The molecule has 0 fully saturated rings. The van der Waals surface area contributed by atoms with E-state index in [-0.39, 0.29) is 30.1 Å². The number of hydrazone groups is 1. The molecule has 9 nitrogen and oxygen atoms in total. The van der Waals surface area contributed by atoms with Gasteiger partial charge in [0.15, 0.2) is 0 Å². The molecule has 0 saturated heterocycles. The Hall–Kier alpha value is -4.01. The molecule has 1 aliphatic heterocycles. The van der Waals surface area contributed by atoms with Gasteiger partial charge in [-0.05, 0) is 29.8 Å². The number of nitrogens with one attached hydrogen (secondary N) is 4. The molecule has 3 rings (SSSR count). The molecule has 148 valence electrons. The van der Waals surface area contributed by atoms with E-state index in [2.05, 4.69) is 31.5 Å². The second-order valence-electron chi connectivity index (χ2n) is 6.17. The Morgan fingerprint density at radius 1 is 1.14 bits per heavy atom. The van der Waals surface area contributed by atoms with E-state index < -0.39 is 6.04 Å². The number of nitrogens with zero attached hydrogens (tertiary/aromatic N) is 2. The van der Waals surface area contributed by atoms with Crippen LogP contribution in [0.2, 0.25) is 0 Å². The maximum Gasteiger partial charge on any atom is 0.252 e. The molecular weight excluding hydrogens is 372 g/mol. The highest BCUT2D eigenvalue weighted by Gasteiger charge is 2.28. The van der Waals surface area contributed by atoms with Crippen molar-refractivity contribution in [1.82, 2.24) is 16.1 Å². The first-order valence-corrected chi connectivity index (χ1v) is 8.90. The van der Waals surface area contributed by atoms with Crippen LogP contribution < -0.4 is 21.4 Å². The van der Waals surface area contributed by atoms with Gasteiger partial charge in [-0.3, -0.25) is 19.7 Å². The summed E-state index contributed by atoms with van der Waals surface area (Å²) in [6.45, 7) is 0. The first-order chi connectivity index (χ1) is 14.0. The van der Waals surface area contributed by atoms with E-state index >= 15 is 0 Å². The fraction of sp³-hybridized carbons (Fsp3) is 0.150. The molecule has 2 aromatic rings. The summed E-state index contributed by atoms with van der Waals surface area (Å²) in [4.78, 5) is 39.9. The van der Waals surface area contributed by atoms with Crippen molar-refractivity contribution in [2.24, 2.45) is 10.1 Å². The molecule has 9 heteroatoms. The summed E-state index contributed by atoms with van der Waals surface area (Å²) in [5.41, 5.74) is 4.55. The maximum absolute atomic E-state index is 12.2. The van der Waals surface area contributed by atoms with Gasteiger partial charge in [-0.25, -0.2) is 10.4 Å². The number of rotatable bonds is 6. The van der Waals surface area contributed by atoms with Crippen molar-refractivity contribution in [2.75, 3.05) is 12.4 Å². The van der Waals surface area contributed by atoms with E-state index in [9.17, 15) is 14.4 Å². The molecule has 1 heterocycles. The number of aliphatic imine (C=N–C) groups is 1. The lowest BCUT2D eigenvalue weighted by Crippen LogP contribution is -2.35. The van der Waals surface area contributed by atoms with Crippen LogP contribution in [0.25, 0.3) is 0 Å². The van der Waals surface area contributed by atoms with E-state index in [4.69, 9.17) is 0 Å². The smallest absolute Gasteiger partial charge is 0.252 e. The van der Waals surface area contributed by atoms with Gasteiger partial charge >= 0.3 is 0 Å². The lowest BCUT2D eigenvalue weighted by atomic mass is 10.1. The van der Waals surface area contributed by atoms with E-state index in [1.807, 2.05) is 30.3 Å². The quantitative estimate of drug-likeness (QED) is 0.430. The van der Waals surface area contributed by atoms with E-state index in [0.717, 1.165) is 5.56 Å². The lowest BCUT2D eigenvalue weighted by molar-refractivity contribution is -0.123. The van der Waals surface area contributed by atoms with Crippen molar-refractivity contribution in [3.8, 4) is 0 Å². The average Bonchev–Trinajstić information content (AvgIpc) is 3.07. The molecule has 0 aromatic heterocycles. The van der Waals surface area contributed by atoms with Gasteiger partial charge < -0.3 is 10.6 Å². The number of hydrogen-bond acceptors (Lipinski definition) is 6. The molecule has 0 aliphatic carbocycles. The number of hydrogen-bond donors (Lipinski definition) is 4. The summed E-state index contributed by atoms with van der Waals surface area (Å²) in [6.07, 6.45) is 1.48. The van der Waals surface area contributed by atoms with Crippen LogP contribution in [-0.2, 0) is 9.59 Å². The zero-order valence-electron chi connectivity index (χ0n) is 15.7. The normalized spacial score (nSPS) is 15.6. The summed E-state index contributed by atoms with van der Waals surface area (Å²) in [5, 5.41) is 11.8. The zero-order chi connectivity index (χ0) is 20.6. The van der Waals surface area contributed by atoms with E-state index in [1.54, 1.807) is 37.5 Å². The first kappa shape index (κ1) is 19.7. The summed E-state index contributed by atoms with van der Waals surface area (Å²) >= 11 is 0. The third-order valence-electron chi connectivity index (χ3n) is 4.05. The Labute approximate surface area is 167 Å². The Morgan fingerprint density at radius 3 is 2.55 bits per heavy atom. The molecule has 1 aliphatic rings. The Kier molecular flexibility index (Phi) is 6.31. The highest BCUT2D eigenvalue weighted by atomic mass is 16.2. The summed E-state index contributed by atoms with van der Waals surface area (Å²) < 4.78 is 0. The van der Waals surface area contributed by atoms with Gasteiger partial charge in [0.2, 0.25) is 11.9 Å². The van der Waals surface area contributed by atoms with E-state index in [0.29, 0.717) is 11.3 Å². The van der Waals surface area contributed by atoms with Gasteiger partial charge in [-0.2, -0.15) is 5.10 Å². The summed E-state index contributed by atoms with van der Waals surface area (Å²) in [7, 11) is 1.54. The predicted octanol–water partition coefficient (Wildman–Crippen LogP) is 0.853. The number of carbonyl (C=O) groups is 3. The van der Waals surface area contributed by atoms with Crippen molar-refractivity contribution in [1.29, 1.82) is 0 Å². The third-order valence-corrected chi connectivity index (χ3v) is 4.05. The summed E-state index contributed by atoms with van der Waals surface area (Å²) in [6, 6.07) is 15.0. The maximum atomic E-state index is 12.2. The zero-order valence-corrected chi connectivity index (χ0v) is 15.7. The molecule has 0 spiro atoms. The van der Waals surface area contributed by atoms with Crippen molar-refractivity contribution < 1.29 is 14.4 Å². The molecule has 0 bridgehead atoms. The Balaban J connectivity index is 1.52. The molecule has 3 amide bonds. The summed E-state index contributed by atoms with van der Waals surface area (Å²) in [5.74, 6) is -0.770. The highest BCUT2D eigenvalue weighted by Crippen LogP contribution is 2.12. The lowest BCUT2D eigenvalue weighted by Gasteiger charge is -2.07. The van der Waals surface area contributed by atoms with Crippen molar-refractivity contribution in [3.05, 3.63) is 65.7 Å². The van der Waals surface area contributed by atoms with Crippen LogP contribution in [0, 0.1) is 0 Å². The largest absolute Gasteiger partial charge is 0.355 e. The standard InChI is InChI=1S/C20H20N6O3/c1-21-18(28)14-7-9-15(10-8-14)23-17(27)11-16-19(29)25-20(24-16)26-22-12-13-5-3-2-4-6-13/h2-10,12,16H,11H2,1H3,(H,21,28)(H,23,27)(H2,24,25,26,29)/b22-12+. The predicted molar refractivity (Wildman–Crippen MR) is 110 cm³/mol. The van der Waals surface area contributed by atoms with Gasteiger partial charge in [-0.1, -0.05) is 30.3 Å². The van der Waals surface area contributed by atoms with Crippen molar-refractivity contribution >= 4 is 35.6 Å². The van der Waals surface area contributed by atoms with Gasteiger partial charge in [0.1, 0.15) is 6.04 Å². The molecule has 29 heavy (non-hydrogen) atoms. The number of anilines is 1. The molecule has 1 atom stereocenters. The second kappa shape index (κ2) is 9.27. The van der Waals surface area contributed by atoms with Crippen LogP contribution in [0.3, 0.4) is 0 Å². The molecule has 4 N–H and O–H groups in total. The minimum Gasteiger partial charge on any atom is -0.355 e.